The molecule has 0 amide bonds. The van der Waals surface area contributed by atoms with Gasteiger partial charge in [0.15, 0.2) is 5.43 Å². The van der Waals surface area contributed by atoms with Gasteiger partial charge in [0.1, 0.15) is 22.7 Å². The summed E-state index contributed by atoms with van der Waals surface area (Å²) >= 11 is 0. The number of benzene rings is 2. The van der Waals surface area contributed by atoms with E-state index in [0.717, 1.165) is 10.9 Å². The van der Waals surface area contributed by atoms with Gasteiger partial charge in [0.05, 0.1) is 24.1 Å². The molecule has 0 aliphatic rings. The Morgan fingerprint density at radius 3 is 2.77 bits per heavy atom. The van der Waals surface area contributed by atoms with Gasteiger partial charge in [-0.3, -0.25) is 4.79 Å². The molecule has 0 radical (unpaired) electrons. The third-order valence-electron chi connectivity index (χ3n) is 3.68. The Labute approximate surface area is 125 Å². The van der Waals surface area contributed by atoms with Gasteiger partial charge in [-0.2, -0.15) is 0 Å². The molecule has 2 aromatic carbocycles. The second kappa shape index (κ2) is 4.77. The van der Waals surface area contributed by atoms with E-state index >= 15 is 0 Å². The van der Waals surface area contributed by atoms with Crippen LogP contribution in [0, 0.1) is 0 Å². The van der Waals surface area contributed by atoms with E-state index in [1.54, 1.807) is 31.6 Å². The summed E-state index contributed by atoms with van der Waals surface area (Å²) < 4.78 is 16.6. The topological polar surface area (TPSA) is 52.6 Å². The zero-order chi connectivity index (χ0) is 15.1. The fourth-order valence-electron chi connectivity index (χ4n) is 2.58. The summed E-state index contributed by atoms with van der Waals surface area (Å²) in [7, 11) is 1.60. The lowest BCUT2D eigenvalue weighted by molar-refractivity contribution is 0.415. The summed E-state index contributed by atoms with van der Waals surface area (Å²) in [4.78, 5) is 12.4. The number of rotatable bonds is 2. The molecule has 0 N–H and O–H groups in total. The average molecular weight is 292 g/mol. The molecule has 0 fully saturated rings. The third kappa shape index (κ3) is 1.89. The van der Waals surface area contributed by atoms with E-state index in [0.29, 0.717) is 28.1 Å². The normalized spacial score (nSPS) is 11.1. The van der Waals surface area contributed by atoms with Crippen molar-refractivity contribution >= 4 is 21.9 Å². The minimum absolute atomic E-state index is 0.0813. The first kappa shape index (κ1) is 12.7. The molecule has 0 saturated carbocycles. The van der Waals surface area contributed by atoms with Gasteiger partial charge in [-0.25, -0.2) is 0 Å². The zero-order valence-electron chi connectivity index (χ0n) is 11.8. The monoisotopic (exact) mass is 292 g/mol. The van der Waals surface area contributed by atoms with Crippen LogP contribution >= 0.6 is 0 Å². The molecule has 0 bridgehead atoms. The van der Waals surface area contributed by atoms with Crippen molar-refractivity contribution in [2.45, 2.75) is 0 Å². The van der Waals surface area contributed by atoms with Crippen LogP contribution < -0.4 is 10.2 Å². The maximum atomic E-state index is 12.4. The largest absolute Gasteiger partial charge is 0.497 e. The Morgan fingerprint density at radius 1 is 1.00 bits per heavy atom. The quantitative estimate of drug-likeness (QED) is 0.555. The molecular formula is C18H12O4. The number of hydrogen-bond donors (Lipinski definition) is 0. The SMILES string of the molecule is COc1cccc(-c2cc(=O)c3ccc4occc4c3o2)c1. The summed E-state index contributed by atoms with van der Waals surface area (Å²) in [5.41, 5.74) is 1.94. The maximum absolute atomic E-state index is 12.4. The summed E-state index contributed by atoms with van der Waals surface area (Å²) in [6.45, 7) is 0. The van der Waals surface area contributed by atoms with Crippen molar-refractivity contribution in [3.8, 4) is 17.1 Å². The number of fused-ring (bicyclic) bond motifs is 3. The molecule has 0 aliphatic carbocycles. The van der Waals surface area contributed by atoms with E-state index in [9.17, 15) is 4.79 Å². The molecule has 0 saturated heterocycles. The molecule has 2 heterocycles. The fraction of sp³-hybridized carbons (Fsp3) is 0.0556. The minimum Gasteiger partial charge on any atom is -0.497 e. The number of methoxy groups -OCH3 is 1. The Morgan fingerprint density at radius 2 is 1.91 bits per heavy atom. The van der Waals surface area contributed by atoms with Gasteiger partial charge in [0.25, 0.3) is 0 Å². The van der Waals surface area contributed by atoms with Gasteiger partial charge >= 0.3 is 0 Å². The van der Waals surface area contributed by atoms with Crippen molar-refractivity contribution in [3.63, 3.8) is 0 Å². The van der Waals surface area contributed by atoms with E-state index in [1.807, 2.05) is 24.3 Å². The van der Waals surface area contributed by atoms with Crippen LogP contribution in [0.1, 0.15) is 0 Å². The van der Waals surface area contributed by atoms with Gasteiger partial charge in [0, 0.05) is 11.6 Å². The Bertz CT molecular complexity index is 1040. The Balaban J connectivity index is 2.04. The lowest BCUT2D eigenvalue weighted by Gasteiger charge is -2.05. The summed E-state index contributed by atoms with van der Waals surface area (Å²) in [5.74, 6) is 1.21. The van der Waals surface area contributed by atoms with Gasteiger partial charge < -0.3 is 13.6 Å². The van der Waals surface area contributed by atoms with Crippen LogP contribution in [0.2, 0.25) is 0 Å². The van der Waals surface area contributed by atoms with E-state index in [1.165, 1.54) is 6.07 Å². The number of furan rings is 1. The molecule has 108 valence electrons. The summed E-state index contributed by atoms with van der Waals surface area (Å²) in [5, 5.41) is 1.33. The van der Waals surface area contributed by atoms with Gasteiger partial charge in [-0.1, -0.05) is 12.1 Å². The molecule has 4 aromatic rings. The molecule has 0 aliphatic heterocycles. The first-order chi connectivity index (χ1) is 10.8. The van der Waals surface area contributed by atoms with Crippen LogP contribution in [0.3, 0.4) is 0 Å². The highest BCUT2D eigenvalue weighted by Gasteiger charge is 2.11. The van der Waals surface area contributed by atoms with Crippen LogP contribution in [0.15, 0.2) is 68.4 Å². The Kier molecular flexibility index (Phi) is 2.76. The van der Waals surface area contributed by atoms with Crippen LogP contribution in [0.4, 0.5) is 0 Å². The van der Waals surface area contributed by atoms with Crippen LogP contribution in [0.25, 0.3) is 33.3 Å². The van der Waals surface area contributed by atoms with Crippen molar-refractivity contribution in [3.05, 3.63) is 65.0 Å². The van der Waals surface area contributed by atoms with E-state index in [2.05, 4.69) is 0 Å². The van der Waals surface area contributed by atoms with E-state index in [4.69, 9.17) is 13.6 Å². The number of ether oxygens (including phenoxy) is 1. The lowest BCUT2D eigenvalue weighted by atomic mass is 10.1. The van der Waals surface area contributed by atoms with Crippen molar-refractivity contribution in [2.75, 3.05) is 7.11 Å². The first-order valence-electron chi connectivity index (χ1n) is 6.85. The third-order valence-corrected chi connectivity index (χ3v) is 3.68. The van der Waals surface area contributed by atoms with Crippen molar-refractivity contribution in [1.29, 1.82) is 0 Å². The standard InChI is InChI=1S/C18H12O4/c1-20-12-4-2-3-11(9-12)17-10-15(19)13-5-6-16-14(7-8-21-16)18(13)22-17/h2-10H,1H3. The van der Waals surface area contributed by atoms with Crippen LogP contribution in [-0.2, 0) is 0 Å². The predicted octanol–water partition coefficient (Wildman–Crippen LogP) is 4.21. The van der Waals surface area contributed by atoms with Crippen LogP contribution in [-0.4, -0.2) is 7.11 Å². The minimum atomic E-state index is -0.0813. The molecule has 0 unspecified atom stereocenters. The summed E-state index contributed by atoms with van der Waals surface area (Å²) in [6, 6.07) is 14.2. The average Bonchev–Trinajstić information content (AvgIpc) is 3.04. The highest BCUT2D eigenvalue weighted by atomic mass is 16.5. The van der Waals surface area contributed by atoms with Crippen LogP contribution in [0.5, 0.6) is 5.75 Å². The predicted molar refractivity (Wildman–Crippen MR) is 84.2 cm³/mol. The maximum Gasteiger partial charge on any atom is 0.193 e. The molecule has 0 atom stereocenters. The molecule has 2 aromatic heterocycles. The zero-order valence-corrected chi connectivity index (χ0v) is 11.8. The Hall–Kier alpha value is -3.01. The van der Waals surface area contributed by atoms with Crippen molar-refractivity contribution in [1.82, 2.24) is 0 Å². The second-order valence-electron chi connectivity index (χ2n) is 4.98. The highest BCUT2D eigenvalue weighted by Crippen LogP contribution is 2.29. The van der Waals surface area contributed by atoms with Crippen molar-refractivity contribution < 1.29 is 13.6 Å². The molecule has 22 heavy (non-hydrogen) atoms. The van der Waals surface area contributed by atoms with Gasteiger partial charge in [0.2, 0.25) is 0 Å². The van der Waals surface area contributed by atoms with E-state index in [-0.39, 0.29) is 5.43 Å². The number of hydrogen-bond acceptors (Lipinski definition) is 4. The van der Waals surface area contributed by atoms with E-state index < -0.39 is 0 Å². The first-order valence-corrected chi connectivity index (χ1v) is 6.85. The highest BCUT2D eigenvalue weighted by molar-refractivity contribution is 6.02. The molecule has 4 heteroatoms. The van der Waals surface area contributed by atoms with Gasteiger partial charge in [-0.05, 0) is 30.3 Å². The second-order valence-corrected chi connectivity index (χ2v) is 4.98. The van der Waals surface area contributed by atoms with Gasteiger partial charge in [-0.15, -0.1) is 0 Å². The summed E-state index contributed by atoms with van der Waals surface area (Å²) in [6.07, 6.45) is 1.59. The molecule has 4 rings (SSSR count). The molecule has 4 nitrogen and oxygen atoms in total. The fourth-order valence-corrected chi connectivity index (χ4v) is 2.58. The lowest BCUT2D eigenvalue weighted by Crippen LogP contribution is -2.00. The molecular weight excluding hydrogens is 280 g/mol. The smallest absolute Gasteiger partial charge is 0.193 e. The molecule has 0 spiro atoms. The van der Waals surface area contributed by atoms with Crippen molar-refractivity contribution in [2.24, 2.45) is 0 Å².